The number of benzene rings is 2. The number of anilines is 1. The molecule has 1 aliphatic rings. The molecule has 1 atom stereocenters. The minimum atomic E-state index is -0.915. The molecule has 1 aromatic heterocycles. The van der Waals surface area contributed by atoms with Crippen LogP contribution >= 0.6 is 11.6 Å². The molecule has 7 nitrogen and oxygen atoms in total. The summed E-state index contributed by atoms with van der Waals surface area (Å²) in [5.41, 5.74) is 1.55. The number of aliphatic hydroxyl groups excluding tert-OH is 1. The SMILES string of the molecule is CCCOC(=O)c1ccc(N2C(=O)C(=O)/C(=C(/O)c3ccc(Cl)cc3)C2c2cccnc2)cc1. The van der Waals surface area contributed by atoms with E-state index in [-0.39, 0.29) is 11.3 Å². The molecule has 1 fully saturated rings. The first-order valence-electron chi connectivity index (χ1n) is 10.7. The number of carbonyl (C=O) groups is 3. The monoisotopic (exact) mass is 476 g/mol. The van der Waals surface area contributed by atoms with Crippen LogP contribution in [0.1, 0.15) is 40.9 Å². The Labute approximate surface area is 201 Å². The predicted molar refractivity (Wildman–Crippen MR) is 127 cm³/mol. The van der Waals surface area contributed by atoms with Gasteiger partial charge in [0.25, 0.3) is 11.7 Å². The lowest BCUT2D eigenvalue weighted by molar-refractivity contribution is -0.132. The maximum Gasteiger partial charge on any atom is 0.338 e. The molecule has 2 heterocycles. The smallest absolute Gasteiger partial charge is 0.338 e. The number of carbonyl (C=O) groups excluding carboxylic acids is 3. The minimum absolute atomic E-state index is 0.0632. The van der Waals surface area contributed by atoms with Crippen molar-refractivity contribution < 1.29 is 24.2 Å². The van der Waals surface area contributed by atoms with E-state index >= 15 is 0 Å². The van der Waals surface area contributed by atoms with Crippen LogP contribution in [0.3, 0.4) is 0 Å². The van der Waals surface area contributed by atoms with Gasteiger partial charge in [-0.1, -0.05) is 24.6 Å². The molecule has 0 radical (unpaired) electrons. The van der Waals surface area contributed by atoms with Crippen molar-refractivity contribution in [3.63, 3.8) is 0 Å². The highest BCUT2D eigenvalue weighted by molar-refractivity contribution is 6.51. The summed E-state index contributed by atoms with van der Waals surface area (Å²) in [5, 5.41) is 11.5. The normalized spacial score (nSPS) is 17.1. The van der Waals surface area contributed by atoms with Crippen LogP contribution in [0.4, 0.5) is 5.69 Å². The van der Waals surface area contributed by atoms with Crippen molar-refractivity contribution in [2.45, 2.75) is 19.4 Å². The number of esters is 1. The highest BCUT2D eigenvalue weighted by Crippen LogP contribution is 2.42. The Morgan fingerprint density at radius 3 is 2.35 bits per heavy atom. The quantitative estimate of drug-likeness (QED) is 0.234. The number of pyridine rings is 1. The Morgan fingerprint density at radius 2 is 1.74 bits per heavy atom. The highest BCUT2D eigenvalue weighted by atomic mass is 35.5. The van der Waals surface area contributed by atoms with Crippen molar-refractivity contribution in [1.82, 2.24) is 4.98 Å². The van der Waals surface area contributed by atoms with Crippen molar-refractivity contribution >= 4 is 40.7 Å². The minimum Gasteiger partial charge on any atom is -0.507 e. The fourth-order valence-corrected chi connectivity index (χ4v) is 3.88. The van der Waals surface area contributed by atoms with Gasteiger partial charge >= 0.3 is 5.97 Å². The summed E-state index contributed by atoms with van der Waals surface area (Å²) in [4.78, 5) is 43.8. The molecule has 1 unspecified atom stereocenters. The molecule has 0 aliphatic carbocycles. The van der Waals surface area contributed by atoms with Crippen LogP contribution in [0.2, 0.25) is 5.02 Å². The van der Waals surface area contributed by atoms with E-state index in [0.29, 0.717) is 40.4 Å². The Kier molecular flexibility index (Phi) is 6.75. The molecule has 3 aromatic rings. The molecule has 1 N–H and O–H groups in total. The number of halogens is 1. The lowest BCUT2D eigenvalue weighted by Gasteiger charge is -2.25. The summed E-state index contributed by atoms with van der Waals surface area (Å²) in [6.45, 7) is 2.20. The molecule has 8 heteroatoms. The van der Waals surface area contributed by atoms with Crippen LogP contribution in [0.25, 0.3) is 5.76 Å². The lowest BCUT2D eigenvalue weighted by atomic mass is 9.96. The molecule has 34 heavy (non-hydrogen) atoms. The summed E-state index contributed by atoms with van der Waals surface area (Å²) in [6, 6.07) is 15.0. The van der Waals surface area contributed by atoms with Gasteiger partial charge in [0.2, 0.25) is 0 Å². The first-order chi connectivity index (χ1) is 16.4. The summed E-state index contributed by atoms with van der Waals surface area (Å²) >= 11 is 5.95. The Balaban J connectivity index is 1.80. The average Bonchev–Trinajstić information content (AvgIpc) is 3.13. The van der Waals surface area contributed by atoms with Gasteiger partial charge < -0.3 is 9.84 Å². The van der Waals surface area contributed by atoms with Gasteiger partial charge in [-0.15, -0.1) is 0 Å². The van der Waals surface area contributed by atoms with Gasteiger partial charge in [-0.05, 0) is 66.6 Å². The van der Waals surface area contributed by atoms with Crippen LogP contribution in [-0.2, 0) is 14.3 Å². The van der Waals surface area contributed by atoms with E-state index in [4.69, 9.17) is 16.3 Å². The molecular weight excluding hydrogens is 456 g/mol. The van der Waals surface area contributed by atoms with Crippen LogP contribution in [0.15, 0.2) is 78.6 Å². The van der Waals surface area contributed by atoms with E-state index in [1.165, 1.54) is 23.2 Å². The van der Waals surface area contributed by atoms with Gasteiger partial charge in [-0.2, -0.15) is 0 Å². The number of ketones is 1. The highest BCUT2D eigenvalue weighted by Gasteiger charge is 2.47. The van der Waals surface area contributed by atoms with E-state index in [2.05, 4.69) is 4.98 Å². The Hall–Kier alpha value is -3.97. The van der Waals surface area contributed by atoms with E-state index in [0.717, 1.165) is 0 Å². The van der Waals surface area contributed by atoms with Crippen molar-refractivity contribution in [2.75, 3.05) is 11.5 Å². The third kappa shape index (κ3) is 4.43. The number of aromatic nitrogens is 1. The van der Waals surface area contributed by atoms with Gasteiger partial charge in [0, 0.05) is 28.7 Å². The summed E-state index contributed by atoms with van der Waals surface area (Å²) in [7, 11) is 0. The molecule has 1 amide bonds. The topological polar surface area (TPSA) is 96.8 Å². The molecule has 172 valence electrons. The number of aliphatic hydroxyl groups is 1. The zero-order valence-corrected chi connectivity index (χ0v) is 19.0. The first-order valence-corrected chi connectivity index (χ1v) is 11.0. The number of hydrogen-bond acceptors (Lipinski definition) is 6. The number of ether oxygens (including phenoxy) is 1. The molecule has 1 saturated heterocycles. The zero-order valence-electron chi connectivity index (χ0n) is 18.3. The third-order valence-corrected chi connectivity index (χ3v) is 5.63. The van der Waals surface area contributed by atoms with Crippen LogP contribution < -0.4 is 4.90 Å². The number of hydrogen-bond donors (Lipinski definition) is 1. The van der Waals surface area contributed by atoms with E-state index < -0.39 is 23.7 Å². The molecule has 0 bridgehead atoms. The van der Waals surface area contributed by atoms with Crippen molar-refractivity contribution in [2.24, 2.45) is 0 Å². The van der Waals surface area contributed by atoms with Crippen molar-refractivity contribution in [3.05, 3.63) is 100 Å². The summed E-state index contributed by atoms with van der Waals surface area (Å²) in [5.74, 6) is -2.41. The number of amides is 1. The maximum atomic E-state index is 13.1. The maximum absolute atomic E-state index is 13.1. The second kappa shape index (κ2) is 9.89. The standard InChI is InChI=1S/C26H21ClN2O5/c1-2-14-34-26(33)17-7-11-20(12-8-17)29-22(18-4-3-13-28-15-18)21(24(31)25(29)32)23(30)16-5-9-19(27)10-6-16/h3-13,15,22,30H,2,14H2,1H3/b23-21+. The Bertz CT molecular complexity index is 1250. The second-order valence-corrected chi connectivity index (χ2v) is 8.08. The van der Waals surface area contributed by atoms with Gasteiger partial charge in [0.1, 0.15) is 5.76 Å². The van der Waals surface area contributed by atoms with Crippen LogP contribution in [0, 0.1) is 0 Å². The second-order valence-electron chi connectivity index (χ2n) is 7.65. The Morgan fingerprint density at radius 1 is 1.06 bits per heavy atom. The van der Waals surface area contributed by atoms with E-state index in [9.17, 15) is 19.5 Å². The first kappa shape index (κ1) is 23.2. The number of Topliss-reactive ketones (excluding diaryl/α,β-unsaturated/α-hetero) is 1. The van der Waals surface area contributed by atoms with Crippen LogP contribution in [0.5, 0.6) is 0 Å². The van der Waals surface area contributed by atoms with E-state index in [1.807, 2.05) is 6.92 Å². The third-order valence-electron chi connectivity index (χ3n) is 5.38. The summed E-state index contributed by atoms with van der Waals surface area (Å²) in [6.07, 6.45) is 3.81. The lowest BCUT2D eigenvalue weighted by Crippen LogP contribution is -2.29. The van der Waals surface area contributed by atoms with E-state index in [1.54, 1.807) is 54.7 Å². The molecule has 0 spiro atoms. The van der Waals surface area contributed by atoms with Crippen LogP contribution in [-0.4, -0.2) is 34.4 Å². The van der Waals surface area contributed by atoms with Gasteiger partial charge in [-0.25, -0.2) is 4.79 Å². The molecule has 2 aromatic carbocycles. The molecule has 4 rings (SSSR count). The van der Waals surface area contributed by atoms with Gasteiger partial charge in [0.05, 0.1) is 23.8 Å². The van der Waals surface area contributed by atoms with Gasteiger partial charge in [0.15, 0.2) is 0 Å². The fraction of sp³-hybridized carbons (Fsp3) is 0.154. The van der Waals surface area contributed by atoms with Gasteiger partial charge in [-0.3, -0.25) is 19.5 Å². The van der Waals surface area contributed by atoms with Crippen molar-refractivity contribution in [1.29, 1.82) is 0 Å². The number of nitrogens with zero attached hydrogens (tertiary/aromatic N) is 2. The summed E-state index contributed by atoms with van der Waals surface area (Å²) < 4.78 is 5.15. The predicted octanol–water partition coefficient (Wildman–Crippen LogP) is 4.93. The largest absolute Gasteiger partial charge is 0.507 e. The fourth-order valence-electron chi connectivity index (χ4n) is 3.75. The molecule has 1 aliphatic heterocycles. The number of rotatable bonds is 6. The zero-order chi connectivity index (χ0) is 24.2. The molecule has 0 saturated carbocycles. The average molecular weight is 477 g/mol. The van der Waals surface area contributed by atoms with Crippen molar-refractivity contribution in [3.8, 4) is 0 Å². The molecular formula is C26H21ClN2O5.